The number of nitrogen functional groups attached to an aromatic ring is 1. The van der Waals surface area contributed by atoms with Crippen molar-refractivity contribution < 1.29 is 8.42 Å². The number of hydrogen-bond donors (Lipinski definition) is 2. The predicted octanol–water partition coefficient (Wildman–Crippen LogP) is 2.62. The van der Waals surface area contributed by atoms with Crippen LogP contribution < -0.4 is 11.1 Å². The van der Waals surface area contributed by atoms with E-state index in [9.17, 15) is 8.42 Å². The van der Waals surface area contributed by atoms with Crippen LogP contribution in [0.25, 0.3) is 6.08 Å². The molecule has 1 aromatic heterocycles. The summed E-state index contributed by atoms with van der Waals surface area (Å²) in [6, 6.07) is 17.3. The number of nitrogens with zero attached hydrogens (tertiary/aromatic N) is 5. The second-order valence-electron chi connectivity index (χ2n) is 7.86. The summed E-state index contributed by atoms with van der Waals surface area (Å²) in [6.45, 7) is 4.43. The fourth-order valence-electron chi connectivity index (χ4n) is 3.49. The third kappa shape index (κ3) is 6.35. The molecule has 1 aliphatic rings. The van der Waals surface area contributed by atoms with Crippen molar-refractivity contribution in [1.82, 2.24) is 24.2 Å². The minimum Gasteiger partial charge on any atom is -0.368 e. The molecule has 4 rings (SSSR count). The predicted molar refractivity (Wildman–Crippen MR) is 130 cm³/mol. The molecule has 172 valence electrons. The minimum absolute atomic E-state index is 0.141. The van der Waals surface area contributed by atoms with Gasteiger partial charge in [0.1, 0.15) is 5.82 Å². The lowest BCUT2D eigenvalue weighted by Crippen LogP contribution is -2.47. The van der Waals surface area contributed by atoms with Gasteiger partial charge in [0.05, 0.1) is 6.54 Å². The minimum atomic E-state index is -3.47. The molecule has 1 aliphatic heterocycles. The smallest absolute Gasteiger partial charge is 0.236 e. The average Bonchev–Trinajstić information content (AvgIpc) is 2.80. The Morgan fingerprint density at radius 2 is 1.67 bits per heavy atom. The van der Waals surface area contributed by atoms with Crippen molar-refractivity contribution in [3.63, 3.8) is 0 Å². The van der Waals surface area contributed by atoms with Gasteiger partial charge in [0.15, 0.2) is 0 Å². The number of sulfonamides is 1. The van der Waals surface area contributed by atoms with Crippen LogP contribution in [0, 0.1) is 6.92 Å². The molecule has 33 heavy (non-hydrogen) atoms. The number of aryl methyl sites for hydroxylation is 1. The number of rotatable bonds is 7. The molecule has 9 nitrogen and oxygen atoms in total. The molecule has 3 N–H and O–H groups in total. The highest BCUT2D eigenvalue weighted by Crippen LogP contribution is 2.16. The van der Waals surface area contributed by atoms with Crippen LogP contribution in [-0.2, 0) is 16.6 Å². The zero-order valence-electron chi connectivity index (χ0n) is 18.4. The van der Waals surface area contributed by atoms with E-state index in [0.717, 1.165) is 16.8 Å². The number of anilines is 3. The summed E-state index contributed by atoms with van der Waals surface area (Å²) in [6.07, 6.45) is 1.62. The van der Waals surface area contributed by atoms with Crippen LogP contribution in [0.15, 0.2) is 60.0 Å². The second-order valence-corrected chi connectivity index (χ2v) is 9.68. The van der Waals surface area contributed by atoms with E-state index in [1.165, 1.54) is 9.71 Å². The van der Waals surface area contributed by atoms with Gasteiger partial charge in [0.25, 0.3) is 0 Å². The van der Waals surface area contributed by atoms with Gasteiger partial charge in [0, 0.05) is 37.3 Å². The monoisotopic (exact) mass is 465 g/mol. The van der Waals surface area contributed by atoms with Crippen LogP contribution >= 0.6 is 0 Å². The molecule has 0 spiro atoms. The van der Waals surface area contributed by atoms with E-state index in [1.807, 2.05) is 61.5 Å². The topological polar surface area (TPSA) is 117 Å². The Kier molecular flexibility index (Phi) is 6.97. The number of piperazine rings is 1. The van der Waals surface area contributed by atoms with E-state index < -0.39 is 10.0 Å². The largest absolute Gasteiger partial charge is 0.368 e. The fourth-order valence-corrected chi connectivity index (χ4v) is 4.66. The SMILES string of the molecule is Cc1ccc(Nc2nc(N)nc(CN3CCN(S(=O)(=O)C=Cc4ccccc4)CC3)n2)cc1. The Bertz CT molecular complexity index is 1210. The second kappa shape index (κ2) is 10.1. The zero-order valence-corrected chi connectivity index (χ0v) is 19.2. The number of benzene rings is 2. The van der Waals surface area contributed by atoms with E-state index in [1.54, 1.807) is 6.08 Å². The zero-order chi connectivity index (χ0) is 23.3. The molecule has 0 atom stereocenters. The summed E-state index contributed by atoms with van der Waals surface area (Å²) in [5, 5.41) is 4.42. The standard InChI is InChI=1S/C23H27N7O2S/c1-18-7-9-20(10-8-18)25-23-27-21(26-22(24)28-23)17-29-12-14-30(15-13-29)33(31,32)16-11-19-5-3-2-4-6-19/h2-11,16H,12-15,17H2,1H3,(H3,24,25,26,27,28). The molecule has 1 saturated heterocycles. The van der Waals surface area contributed by atoms with Crippen LogP contribution in [0.2, 0.25) is 0 Å². The molecular formula is C23H27N7O2S. The lowest BCUT2D eigenvalue weighted by Gasteiger charge is -2.32. The van der Waals surface area contributed by atoms with Gasteiger partial charge in [0.2, 0.25) is 21.9 Å². The first-order valence-electron chi connectivity index (χ1n) is 10.7. The van der Waals surface area contributed by atoms with Crippen molar-refractivity contribution in [2.24, 2.45) is 0 Å². The van der Waals surface area contributed by atoms with Crippen molar-refractivity contribution >= 4 is 33.7 Å². The Hall–Kier alpha value is -3.34. The summed E-state index contributed by atoms with van der Waals surface area (Å²) in [5.74, 6) is 1.06. The molecule has 0 aliphatic carbocycles. The maximum Gasteiger partial charge on any atom is 0.236 e. The van der Waals surface area contributed by atoms with E-state index in [0.29, 0.717) is 44.5 Å². The van der Waals surface area contributed by atoms with Crippen molar-refractivity contribution in [3.05, 3.63) is 77.0 Å². The number of hydrogen-bond acceptors (Lipinski definition) is 8. The van der Waals surface area contributed by atoms with E-state index >= 15 is 0 Å². The van der Waals surface area contributed by atoms with Gasteiger partial charge < -0.3 is 11.1 Å². The normalized spacial score (nSPS) is 15.7. The highest BCUT2D eigenvalue weighted by molar-refractivity contribution is 7.92. The van der Waals surface area contributed by atoms with Gasteiger partial charge >= 0.3 is 0 Å². The first kappa shape index (κ1) is 22.8. The molecule has 10 heteroatoms. The summed E-state index contributed by atoms with van der Waals surface area (Å²) in [7, 11) is -3.47. The lowest BCUT2D eigenvalue weighted by atomic mass is 10.2. The van der Waals surface area contributed by atoms with Crippen molar-refractivity contribution in [2.75, 3.05) is 37.2 Å². The van der Waals surface area contributed by atoms with Crippen LogP contribution in [0.4, 0.5) is 17.6 Å². The molecule has 3 aromatic rings. The molecule has 0 radical (unpaired) electrons. The summed E-state index contributed by atoms with van der Waals surface area (Å²) < 4.78 is 26.8. The van der Waals surface area contributed by atoms with Gasteiger partial charge in [-0.2, -0.15) is 19.3 Å². The van der Waals surface area contributed by atoms with Crippen molar-refractivity contribution in [1.29, 1.82) is 0 Å². The fraction of sp³-hybridized carbons (Fsp3) is 0.261. The van der Waals surface area contributed by atoms with E-state index in [2.05, 4.69) is 25.2 Å². The molecule has 0 unspecified atom stereocenters. The molecule has 0 bridgehead atoms. The summed E-state index contributed by atoms with van der Waals surface area (Å²) in [4.78, 5) is 15.0. The van der Waals surface area contributed by atoms with E-state index in [-0.39, 0.29) is 5.95 Å². The molecular weight excluding hydrogens is 438 g/mol. The van der Waals surface area contributed by atoms with Crippen molar-refractivity contribution in [3.8, 4) is 0 Å². The first-order valence-corrected chi connectivity index (χ1v) is 12.2. The average molecular weight is 466 g/mol. The van der Waals surface area contributed by atoms with Crippen molar-refractivity contribution in [2.45, 2.75) is 13.5 Å². The first-order chi connectivity index (χ1) is 15.9. The maximum atomic E-state index is 12.7. The summed E-state index contributed by atoms with van der Waals surface area (Å²) >= 11 is 0. The van der Waals surface area contributed by atoms with Crippen LogP contribution in [0.3, 0.4) is 0 Å². The van der Waals surface area contributed by atoms with E-state index in [4.69, 9.17) is 5.73 Å². The molecule has 2 aromatic carbocycles. The molecule has 1 fully saturated rings. The van der Waals surface area contributed by atoms with Crippen LogP contribution in [-0.4, -0.2) is 58.8 Å². The van der Waals surface area contributed by atoms with Gasteiger partial charge in [-0.3, -0.25) is 4.90 Å². The third-order valence-electron chi connectivity index (χ3n) is 5.29. The number of aromatic nitrogens is 3. The highest BCUT2D eigenvalue weighted by atomic mass is 32.2. The van der Waals surface area contributed by atoms with Gasteiger partial charge in [-0.05, 0) is 30.7 Å². The van der Waals surface area contributed by atoms with Crippen LogP contribution in [0.5, 0.6) is 0 Å². The quantitative estimate of drug-likeness (QED) is 0.547. The van der Waals surface area contributed by atoms with Gasteiger partial charge in [-0.1, -0.05) is 48.0 Å². The molecule has 2 heterocycles. The highest BCUT2D eigenvalue weighted by Gasteiger charge is 2.25. The Labute approximate surface area is 194 Å². The molecule has 0 saturated carbocycles. The Balaban J connectivity index is 1.35. The lowest BCUT2D eigenvalue weighted by molar-refractivity contribution is 0.179. The Morgan fingerprint density at radius 3 is 2.36 bits per heavy atom. The number of nitrogens with one attached hydrogen (secondary N) is 1. The number of nitrogens with two attached hydrogens (primary N) is 1. The maximum absolute atomic E-state index is 12.7. The third-order valence-corrected chi connectivity index (χ3v) is 6.86. The molecule has 0 amide bonds. The van der Waals surface area contributed by atoms with Gasteiger partial charge in [-0.25, -0.2) is 8.42 Å². The van der Waals surface area contributed by atoms with Crippen LogP contribution in [0.1, 0.15) is 17.0 Å². The van der Waals surface area contributed by atoms with Gasteiger partial charge in [-0.15, -0.1) is 0 Å². The Morgan fingerprint density at radius 1 is 0.970 bits per heavy atom. The summed E-state index contributed by atoms with van der Waals surface area (Å²) in [5.41, 5.74) is 8.76.